The number of halogens is 2. The monoisotopic (exact) mass is 232 g/mol. The molecule has 2 rings (SSSR count). The largest absolute Gasteiger partial charge is 0.505 e. The molecule has 1 heterocycles. The van der Waals surface area contributed by atoms with Crippen LogP contribution in [0.4, 0.5) is 0 Å². The molecule has 68 valence electrons. The summed E-state index contributed by atoms with van der Waals surface area (Å²) in [6.07, 6.45) is 0. The Hall–Kier alpha value is -0.440. The number of rotatable bonds is 1. The molecule has 0 bridgehead atoms. The van der Waals surface area contributed by atoms with E-state index in [4.69, 9.17) is 23.2 Å². The molecule has 1 nitrogen and oxygen atoms in total. The van der Waals surface area contributed by atoms with Crippen molar-refractivity contribution in [2.45, 2.75) is 5.88 Å². The van der Waals surface area contributed by atoms with Gasteiger partial charge in [0.15, 0.2) is 5.75 Å². The molecule has 0 saturated carbocycles. The minimum absolute atomic E-state index is 0.161. The zero-order valence-electron chi connectivity index (χ0n) is 6.55. The lowest BCUT2D eigenvalue weighted by atomic mass is 10.2. The van der Waals surface area contributed by atoms with Gasteiger partial charge in [-0.05, 0) is 11.6 Å². The van der Waals surface area contributed by atoms with Crippen LogP contribution in [0.25, 0.3) is 10.1 Å². The molecule has 0 amide bonds. The van der Waals surface area contributed by atoms with Crippen LogP contribution in [-0.2, 0) is 5.88 Å². The molecular weight excluding hydrogens is 227 g/mol. The van der Waals surface area contributed by atoms with E-state index in [0.29, 0.717) is 10.2 Å². The SMILES string of the molecule is Oc1c(Cl)sc2c(CCl)cccc12. The Labute approximate surface area is 89.5 Å². The first-order chi connectivity index (χ1) is 6.24. The molecule has 0 aliphatic heterocycles. The summed E-state index contributed by atoms with van der Waals surface area (Å²) >= 11 is 12.9. The predicted octanol–water partition coefficient (Wildman–Crippen LogP) is 4.00. The van der Waals surface area contributed by atoms with Crippen molar-refractivity contribution in [2.24, 2.45) is 0 Å². The summed E-state index contributed by atoms with van der Waals surface area (Å²) in [5.41, 5.74) is 1.01. The molecule has 0 atom stereocenters. The summed E-state index contributed by atoms with van der Waals surface area (Å²) in [5, 5.41) is 10.3. The Bertz CT molecular complexity index is 450. The van der Waals surface area contributed by atoms with Gasteiger partial charge in [-0.15, -0.1) is 22.9 Å². The predicted molar refractivity (Wildman–Crippen MR) is 58.1 cm³/mol. The minimum Gasteiger partial charge on any atom is -0.505 e. The van der Waals surface area contributed by atoms with E-state index >= 15 is 0 Å². The number of thiophene rings is 1. The van der Waals surface area contributed by atoms with Gasteiger partial charge in [0, 0.05) is 16.0 Å². The maximum Gasteiger partial charge on any atom is 0.152 e. The lowest BCUT2D eigenvalue weighted by molar-refractivity contribution is 0.484. The molecule has 2 aromatic rings. The van der Waals surface area contributed by atoms with Gasteiger partial charge in [-0.1, -0.05) is 23.7 Å². The van der Waals surface area contributed by atoms with E-state index in [1.54, 1.807) is 0 Å². The van der Waals surface area contributed by atoms with Crippen LogP contribution in [-0.4, -0.2) is 5.11 Å². The van der Waals surface area contributed by atoms with Crippen LogP contribution in [0.15, 0.2) is 18.2 Å². The maximum atomic E-state index is 9.55. The van der Waals surface area contributed by atoms with Crippen LogP contribution in [0.2, 0.25) is 4.34 Å². The maximum absolute atomic E-state index is 9.55. The summed E-state index contributed by atoms with van der Waals surface area (Å²) in [5.74, 6) is 0.599. The second kappa shape index (κ2) is 3.37. The fourth-order valence-corrected chi connectivity index (χ4v) is 2.81. The highest BCUT2D eigenvalue weighted by molar-refractivity contribution is 7.23. The molecule has 0 radical (unpaired) electrons. The first-order valence-electron chi connectivity index (χ1n) is 3.69. The second-order valence-corrected chi connectivity index (χ2v) is 4.54. The quantitative estimate of drug-likeness (QED) is 0.738. The van der Waals surface area contributed by atoms with E-state index in [1.165, 1.54) is 11.3 Å². The fourth-order valence-electron chi connectivity index (χ4n) is 1.24. The fraction of sp³-hybridized carbons (Fsp3) is 0.111. The highest BCUT2D eigenvalue weighted by atomic mass is 35.5. The first-order valence-corrected chi connectivity index (χ1v) is 5.41. The molecule has 1 aromatic carbocycles. The van der Waals surface area contributed by atoms with Crippen LogP contribution in [0.5, 0.6) is 5.75 Å². The Kier molecular flexibility index (Phi) is 2.37. The van der Waals surface area contributed by atoms with Crippen molar-refractivity contribution in [3.8, 4) is 5.75 Å². The summed E-state index contributed by atoms with van der Waals surface area (Å²) < 4.78 is 1.40. The van der Waals surface area contributed by atoms with Crippen LogP contribution >= 0.6 is 34.5 Å². The van der Waals surface area contributed by atoms with Crippen molar-refractivity contribution < 1.29 is 5.11 Å². The summed E-state index contributed by atoms with van der Waals surface area (Å²) in [6, 6.07) is 5.63. The zero-order valence-corrected chi connectivity index (χ0v) is 8.88. The van der Waals surface area contributed by atoms with Gasteiger partial charge in [0.1, 0.15) is 4.34 Å². The molecule has 4 heteroatoms. The topological polar surface area (TPSA) is 20.2 Å². The highest BCUT2D eigenvalue weighted by Gasteiger charge is 2.10. The number of alkyl halides is 1. The Morgan fingerprint density at radius 1 is 1.38 bits per heavy atom. The molecule has 1 aromatic heterocycles. The van der Waals surface area contributed by atoms with Gasteiger partial charge in [-0.2, -0.15) is 0 Å². The van der Waals surface area contributed by atoms with Gasteiger partial charge in [0.25, 0.3) is 0 Å². The van der Waals surface area contributed by atoms with Crippen LogP contribution in [0.3, 0.4) is 0 Å². The molecule has 0 spiro atoms. The Morgan fingerprint density at radius 2 is 2.15 bits per heavy atom. The third-order valence-corrected chi connectivity index (χ3v) is 3.63. The average molecular weight is 233 g/mol. The minimum atomic E-state index is 0.161. The van der Waals surface area contributed by atoms with Crippen molar-refractivity contribution in [3.63, 3.8) is 0 Å². The Morgan fingerprint density at radius 3 is 2.85 bits per heavy atom. The highest BCUT2D eigenvalue weighted by Crippen LogP contribution is 2.42. The number of aromatic hydroxyl groups is 1. The number of hydrogen-bond acceptors (Lipinski definition) is 2. The lowest BCUT2D eigenvalue weighted by Crippen LogP contribution is -1.75. The smallest absolute Gasteiger partial charge is 0.152 e. The van der Waals surface area contributed by atoms with Crippen molar-refractivity contribution in [1.29, 1.82) is 0 Å². The summed E-state index contributed by atoms with van der Waals surface area (Å²) in [7, 11) is 0. The molecule has 0 aliphatic rings. The third-order valence-electron chi connectivity index (χ3n) is 1.87. The summed E-state index contributed by atoms with van der Waals surface area (Å²) in [6.45, 7) is 0. The normalized spacial score (nSPS) is 10.9. The van der Waals surface area contributed by atoms with Gasteiger partial charge in [-0.25, -0.2) is 0 Å². The van der Waals surface area contributed by atoms with E-state index in [1.807, 2.05) is 18.2 Å². The van der Waals surface area contributed by atoms with Gasteiger partial charge >= 0.3 is 0 Å². The van der Waals surface area contributed by atoms with E-state index in [0.717, 1.165) is 15.6 Å². The first kappa shape index (κ1) is 9.13. The van der Waals surface area contributed by atoms with Crippen molar-refractivity contribution >= 4 is 44.6 Å². The molecule has 1 N–H and O–H groups in total. The molecule has 0 fully saturated rings. The van der Waals surface area contributed by atoms with Gasteiger partial charge < -0.3 is 5.11 Å². The molecule has 0 aliphatic carbocycles. The zero-order chi connectivity index (χ0) is 9.42. The van der Waals surface area contributed by atoms with E-state index < -0.39 is 0 Å². The molecular formula is C9H6Cl2OS. The van der Waals surface area contributed by atoms with Crippen molar-refractivity contribution in [2.75, 3.05) is 0 Å². The van der Waals surface area contributed by atoms with Crippen LogP contribution < -0.4 is 0 Å². The molecule has 0 unspecified atom stereocenters. The van der Waals surface area contributed by atoms with Gasteiger partial charge in [-0.3, -0.25) is 0 Å². The number of benzene rings is 1. The standard InChI is InChI=1S/C9H6Cl2OS/c10-4-5-2-1-3-6-7(12)9(11)13-8(5)6/h1-3,12H,4H2. The lowest BCUT2D eigenvalue weighted by Gasteiger charge is -1.95. The number of fused-ring (bicyclic) bond motifs is 1. The van der Waals surface area contributed by atoms with E-state index in [2.05, 4.69) is 0 Å². The molecule has 0 saturated heterocycles. The van der Waals surface area contributed by atoms with Gasteiger partial charge in [0.2, 0.25) is 0 Å². The number of hydrogen-bond donors (Lipinski definition) is 1. The third kappa shape index (κ3) is 1.39. The van der Waals surface area contributed by atoms with E-state index in [-0.39, 0.29) is 5.75 Å². The van der Waals surface area contributed by atoms with E-state index in [9.17, 15) is 5.11 Å². The average Bonchev–Trinajstić information content (AvgIpc) is 2.43. The Balaban J connectivity index is 2.84. The van der Waals surface area contributed by atoms with Crippen molar-refractivity contribution in [3.05, 3.63) is 28.1 Å². The van der Waals surface area contributed by atoms with Crippen LogP contribution in [0.1, 0.15) is 5.56 Å². The summed E-state index contributed by atoms with van der Waals surface area (Å²) in [4.78, 5) is 0. The van der Waals surface area contributed by atoms with Gasteiger partial charge in [0.05, 0.1) is 0 Å². The second-order valence-electron chi connectivity index (χ2n) is 2.65. The molecule has 13 heavy (non-hydrogen) atoms. The van der Waals surface area contributed by atoms with Crippen molar-refractivity contribution in [1.82, 2.24) is 0 Å². The van der Waals surface area contributed by atoms with Crippen LogP contribution in [0, 0.1) is 0 Å².